The molecule has 0 amide bonds. The molecule has 0 N–H and O–H groups in total. The number of fused-ring (bicyclic) bond motifs is 1. The van der Waals surface area contributed by atoms with Crippen LogP contribution in [0.5, 0.6) is 5.75 Å². The monoisotopic (exact) mass is 258 g/mol. The summed E-state index contributed by atoms with van der Waals surface area (Å²) in [5, 5.41) is 1.26. The molecular weight excluding hydrogens is 236 g/mol. The SMILES string of the molecule is Cc1cc2cccc(OCCN3CCCC3)c2n1C. The van der Waals surface area contributed by atoms with Gasteiger partial charge in [-0.3, -0.25) is 4.90 Å². The van der Waals surface area contributed by atoms with E-state index in [1.54, 1.807) is 0 Å². The summed E-state index contributed by atoms with van der Waals surface area (Å²) in [4.78, 5) is 2.48. The van der Waals surface area contributed by atoms with E-state index in [1.807, 2.05) is 0 Å². The molecule has 0 saturated carbocycles. The highest BCUT2D eigenvalue weighted by atomic mass is 16.5. The van der Waals surface area contributed by atoms with Crippen molar-refractivity contribution < 1.29 is 4.74 Å². The Kier molecular flexibility index (Phi) is 3.47. The summed E-state index contributed by atoms with van der Waals surface area (Å²) >= 11 is 0. The average molecular weight is 258 g/mol. The zero-order valence-electron chi connectivity index (χ0n) is 11.9. The standard InChI is InChI=1S/C16H22N2O/c1-13-12-14-6-5-7-15(16(14)17(13)2)19-11-10-18-8-3-4-9-18/h5-7,12H,3-4,8-11H2,1-2H3. The van der Waals surface area contributed by atoms with E-state index in [1.165, 1.54) is 42.5 Å². The minimum atomic E-state index is 0.781. The van der Waals surface area contributed by atoms with E-state index in [9.17, 15) is 0 Å². The van der Waals surface area contributed by atoms with Crippen LogP contribution >= 0.6 is 0 Å². The molecule has 3 heteroatoms. The first-order valence-electron chi connectivity index (χ1n) is 7.16. The van der Waals surface area contributed by atoms with Crippen LogP contribution in [0, 0.1) is 6.92 Å². The summed E-state index contributed by atoms with van der Waals surface area (Å²) in [5.74, 6) is 1.01. The van der Waals surface area contributed by atoms with Crippen LogP contribution in [0.15, 0.2) is 24.3 Å². The maximum atomic E-state index is 6.01. The van der Waals surface area contributed by atoms with Crippen LogP contribution in [-0.4, -0.2) is 35.7 Å². The number of rotatable bonds is 4. The number of hydrogen-bond donors (Lipinski definition) is 0. The van der Waals surface area contributed by atoms with Crippen molar-refractivity contribution in [3.8, 4) is 5.75 Å². The number of hydrogen-bond acceptors (Lipinski definition) is 2. The van der Waals surface area contributed by atoms with Crippen LogP contribution in [0.4, 0.5) is 0 Å². The number of ether oxygens (including phenoxy) is 1. The molecule has 2 heterocycles. The first kappa shape index (κ1) is 12.5. The van der Waals surface area contributed by atoms with Gasteiger partial charge < -0.3 is 9.30 Å². The topological polar surface area (TPSA) is 17.4 Å². The average Bonchev–Trinajstić information content (AvgIpc) is 3.00. The van der Waals surface area contributed by atoms with Gasteiger partial charge >= 0.3 is 0 Å². The predicted octanol–water partition coefficient (Wildman–Crippen LogP) is 2.96. The summed E-state index contributed by atoms with van der Waals surface area (Å²) in [7, 11) is 2.10. The van der Waals surface area contributed by atoms with Crippen molar-refractivity contribution in [2.45, 2.75) is 19.8 Å². The van der Waals surface area contributed by atoms with E-state index in [4.69, 9.17) is 4.74 Å². The molecule has 1 aromatic carbocycles. The summed E-state index contributed by atoms with van der Waals surface area (Å²) in [6.07, 6.45) is 2.68. The summed E-state index contributed by atoms with van der Waals surface area (Å²) in [6.45, 7) is 6.42. The van der Waals surface area contributed by atoms with E-state index < -0.39 is 0 Å². The number of aromatic nitrogens is 1. The number of nitrogens with zero attached hydrogens (tertiary/aromatic N) is 2. The maximum Gasteiger partial charge on any atom is 0.143 e. The molecule has 0 spiro atoms. The molecular formula is C16H22N2O. The van der Waals surface area contributed by atoms with Gasteiger partial charge in [0, 0.05) is 24.7 Å². The highest BCUT2D eigenvalue weighted by molar-refractivity contribution is 5.86. The van der Waals surface area contributed by atoms with Crippen LogP contribution in [-0.2, 0) is 7.05 Å². The molecule has 3 rings (SSSR count). The van der Waals surface area contributed by atoms with Gasteiger partial charge in [0.1, 0.15) is 12.4 Å². The molecule has 1 aliphatic rings. The minimum absolute atomic E-state index is 0.781. The van der Waals surface area contributed by atoms with Gasteiger partial charge in [-0.15, -0.1) is 0 Å². The Morgan fingerprint density at radius 1 is 1.21 bits per heavy atom. The summed E-state index contributed by atoms with van der Waals surface area (Å²) in [5.41, 5.74) is 2.48. The number of benzene rings is 1. The highest BCUT2D eigenvalue weighted by Gasteiger charge is 2.12. The second kappa shape index (κ2) is 5.25. The lowest BCUT2D eigenvalue weighted by Crippen LogP contribution is -2.25. The second-order valence-corrected chi connectivity index (χ2v) is 5.44. The van der Waals surface area contributed by atoms with E-state index in [2.05, 4.69) is 47.7 Å². The van der Waals surface area contributed by atoms with Gasteiger partial charge in [-0.1, -0.05) is 12.1 Å². The Morgan fingerprint density at radius 3 is 2.79 bits per heavy atom. The van der Waals surface area contributed by atoms with Gasteiger partial charge in [0.2, 0.25) is 0 Å². The van der Waals surface area contributed by atoms with Crippen molar-refractivity contribution in [1.29, 1.82) is 0 Å². The van der Waals surface area contributed by atoms with Crippen LogP contribution in [0.3, 0.4) is 0 Å². The maximum absolute atomic E-state index is 6.01. The fourth-order valence-electron chi connectivity index (χ4n) is 2.92. The van der Waals surface area contributed by atoms with Crippen molar-refractivity contribution in [3.05, 3.63) is 30.0 Å². The van der Waals surface area contributed by atoms with Crippen LogP contribution < -0.4 is 4.74 Å². The van der Waals surface area contributed by atoms with Crippen molar-refractivity contribution in [1.82, 2.24) is 9.47 Å². The van der Waals surface area contributed by atoms with Crippen molar-refractivity contribution >= 4 is 10.9 Å². The molecule has 0 aliphatic carbocycles. The van der Waals surface area contributed by atoms with Gasteiger partial charge in [0.15, 0.2) is 0 Å². The third-order valence-corrected chi connectivity index (χ3v) is 4.12. The Balaban J connectivity index is 1.73. The van der Waals surface area contributed by atoms with Gasteiger partial charge in [0.25, 0.3) is 0 Å². The van der Waals surface area contributed by atoms with Crippen molar-refractivity contribution in [2.24, 2.45) is 7.05 Å². The van der Waals surface area contributed by atoms with E-state index in [0.29, 0.717) is 0 Å². The van der Waals surface area contributed by atoms with Crippen LogP contribution in [0.2, 0.25) is 0 Å². The molecule has 3 nitrogen and oxygen atoms in total. The Morgan fingerprint density at radius 2 is 2.00 bits per heavy atom. The molecule has 1 aromatic heterocycles. The lowest BCUT2D eigenvalue weighted by Gasteiger charge is -2.15. The minimum Gasteiger partial charge on any atom is -0.490 e. The molecule has 1 aliphatic heterocycles. The van der Waals surface area contributed by atoms with Gasteiger partial charge in [-0.2, -0.15) is 0 Å². The molecule has 1 fully saturated rings. The normalized spacial score (nSPS) is 16.3. The molecule has 19 heavy (non-hydrogen) atoms. The highest BCUT2D eigenvalue weighted by Crippen LogP contribution is 2.27. The molecule has 0 atom stereocenters. The van der Waals surface area contributed by atoms with E-state index in [0.717, 1.165) is 18.9 Å². The smallest absolute Gasteiger partial charge is 0.143 e. The quantitative estimate of drug-likeness (QED) is 0.839. The Bertz CT molecular complexity index is 567. The molecule has 0 bridgehead atoms. The third kappa shape index (κ3) is 2.47. The Hall–Kier alpha value is -1.48. The second-order valence-electron chi connectivity index (χ2n) is 5.44. The predicted molar refractivity (Wildman–Crippen MR) is 78.8 cm³/mol. The fraction of sp³-hybridized carbons (Fsp3) is 0.500. The van der Waals surface area contributed by atoms with Crippen LogP contribution in [0.25, 0.3) is 10.9 Å². The first-order valence-corrected chi connectivity index (χ1v) is 7.16. The van der Waals surface area contributed by atoms with Crippen LogP contribution in [0.1, 0.15) is 18.5 Å². The fourth-order valence-corrected chi connectivity index (χ4v) is 2.92. The molecule has 0 unspecified atom stereocenters. The molecule has 2 aromatic rings. The molecule has 1 saturated heterocycles. The molecule has 0 radical (unpaired) electrons. The lowest BCUT2D eigenvalue weighted by atomic mass is 10.2. The Labute approximate surface area is 114 Å². The van der Waals surface area contributed by atoms with Gasteiger partial charge in [0.05, 0.1) is 5.52 Å². The van der Waals surface area contributed by atoms with E-state index in [-0.39, 0.29) is 0 Å². The van der Waals surface area contributed by atoms with Gasteiger partial charge in [-0.05, 0) is 45.0 Å². The number of para-hydroxylation sites is 1. The number of likely N-dealkylation sites (tertiary alicyclic amines) is 1. The summed E-state index contributed by atoms with van der Waals surface area (Å²) in [6, 6.07) is 8.51. The van der Waals surface area contributed by atoms with Gasteiger partial charge in [-0.25, -0.2) is 0 Å². The third-order valence-electron chi connectivity index (χ3n) is 4.12. The van der Waals surface area contributed by atoms with Crippen molar-refractivity contribution in [3.63, 3.8) is 0 Å². The molecule has 102 valence electrons. The van der Waals surface area contributed by atoms with Crippen molar-refractivity contribution in [2.75, 3.05) is 26.2 Å². The lowest BCUT2D eigenvalue weighted by molar-refractivity contribution is 0.239. The summed E-state index contributed by atoms with van der Waals surface area (Å²) < 4.78 is 8.22. The number of aryl methyl sites for hydroxylation is 2. The van der Waals surface area contributed by atoms with E-state index >= 15 is 0 Å². The largest absolute Gasteiger partial charge is 0.490 e. The zero-order chi connectivity index (χ0) is 13.2. The first-order chi connectivity index (χ1) is 9.25. The zero-order valence-corrected chi connectivity index (χ0v) is 11.9.